The zero-order chi connectivity index (χ0) is 10.4. The summed E-state index contributed by atoms with van der Waals surface area (Å²) in [5.41, 5.74) is 6.62. The van der Waals surface area contributed by atoms with Crippen LogP contribution in [0.25, 0.3) is 0 Å². The van der Waals surface area contributed by atoms with Crippen LogP contribution in [0.2, 0.25) is 0 Å². The average molecular weight is 213 g/mol. The molecule has 0 amide bonds. The summed E-state index contributed by atoms with van der Waals surface area (Å²) in [5.74, 6) is 0. The summed E-state index contributed by atoms with van der Waals surface area (Å²) in [7, 11) is 0. The van der Waals surface area contributed by atoms with E-state index in [4.69, 9.17) is 5.73 Å². The van der Waals surface area contributed by atoms with Crippen LogP contribution >= 0.6 is 11.3 Å². The standard InChI is InChI=1S/C10H19N3S/c1-3-9-7-14-10(13-9)12-8(2)5-4-6-11/h7-8H,3-6,11H2,1-2H3,(H,12,13). The highest BCUT2D eigenvalue weighted by Gasteiger charge is 2.04. The third-order valence-electron chi connectivity index (χ3n) is 2.13. The van der Waals surface area contributed by atoms with Crippen LogP contribution in [0.3, 0.4) is 0 Å². The Labute approximate surface area is 89.7 Å². The van der Waals surface area contributed by atoms with Crippen LogP contribution < -0.4 is 11.1 Å². The number of rotatable bonds is 6. The van der Waals surface area contributed by atoms with Gasteiger partial charge in [0.15, 0.2) is 5.13 Å². The van der Waals surface area contributed by atoms with Crippen LogP contribution in [-0.4, -0.2) is 17.6 Å². The van der Waals surface area contributed by atoms with Crippen molar-refractivity contribution >= 4 is 16.5 Å². The lowest BCUT2D eigenvalue weighted by atomic mass is 10.2. The van der Waals surface area contributed by atoms with Crippen LogP contribution in [0.4, 0.5) is 5.13 Å². The van der Waals surface area contributed by atoms with Crippen LogP contribution in [0, 0.1) is 0 Å². The minimum atomic E-state index is 0.467. The molecular formula is C10H19N3S. The number of hydrogen-bond acceptors (Lipinski definition) is 4. The molecular weight excluding hydrogens is 194 g/mol. The van der Waals surface area contributed by atoms with E-state index in [1.165, 1.54) is 5.69 Å². The number of nitrogens with two attached hydrogens (primary N) is 1. The van der Waals surface area contributed by atoms with Gasteiger partial charge in [-0.05, 0) is 32.7 Å². The Morgan fingerprint density at radius 3 is 3.00 bits per heavy atom. The molecule has 0 saturated carbocycles. The van der Waals surface area contributed by atoms with Gasteiger partial charge in [0.1, 0.15) is 0 Å². The number of anilines is 1. The Morgan fingerprint density at radius 1 is 1.64 bits per heavy atom. The van der Waals surface area contributed by atoms with E-state index >= 15 is 0 Å². The van der Waals surface area contributed by atoms with Crippen LogP contribution in [0.5, 0.6) is 0 Å². The fraction of sp³-hybridized carbons (Fsp3) is 0.700. The molecule has 1 aromatic heterocycles. The Kier molecular flexibility index (Phi) is 4.90. The topological polar surface area (TPSA) is 50.9 Å². The molecule has 80 valence electrons. The fourth-order valence-electron chi connectivity index (χ4n) is 1.24. The smallest absolute Gasteiger partial charge is 0.183 e. The minimum absolute atomic E-state index is 0.467. The van der Waals surface area contributed by atoms with Crippen molar-refractivity contribution in [1.29, 1.82) is 0 Å². The molecule has 0 aliphatic rings. The third kappa shape index (κ3) is 3.64. The summed E-state index contributed by atoms with van der Waals surface area (Å²) in [6, 6.07) is 0.467. The maximum atomic E-state index is 5.46. The lowest BCUT2D eigenvalue weighted by molar-refractivity contribution is 0.662. The second-order valence-corrected chi connectivity index (χ2v) is 4.33. The Bertz CT molecular complexity index is 260. The van der Waals surface area contributed by atoms with Gasteiger partial charge < -0.3 is 11.1 Å². The molecule has 0 spiro atoms. The van der Waals surface area contributed by atoms with Gasteiger partial charge in [-0.1, -0.05) is 6.92 Å². The van der Waals surface area contributed by atoms with Crippen molar-refractivity contribution in [3.8, 4) is 0 Å². The predicted octanol–water partition coefficient (Wildman–Crippen LogP) is 2.24. The van der Waals surface area contributed by atoms with Gasteiger partial charge in [0.05, 0.1) is 5.69 Å². The van der Waals surface area contributed by atoms with Gasteiger partial charge in [-0.3, -0.25) is 0 Å². The van der Waals surface area contributed by atoms with Crippen LogP contribution in [-0.2, 0) is 6.42 Å². The van der Waals surface area contributed by atoms with Crippen molar-refractivity contribution in [2.75, 3.05) is 11.9 Å². The normalized spacial score (nSPS) is 12.8. The van der Waals surface area contributed by atoms with Crippen molar-refractivity contribution in [1.82, 2.24) is 4.98 Å². The second-order valence-electron chi connectivity index (χ2n) is 3.47. The molecule has 3 N–H and O–H groups in total. The van der Waals surface area contributed by atoms with Gasteiger partial charge in [0.2, 0.25) is 0 Å². The van der Waals surface area contributed by atoms with E-state index in [1.807, 2.05) is 0 Å². The molecule has 0 radical (unpaired) electrons. The van der Waals surface area contributed by atoms with Gasteiger partial charge in [-0.25, -0.2) is 4.98 Å². The van der Waals surface area contributed by atoms with Crippen molar-refractivity contribution < 1.29 is 0 Å². The molecule has 14 heavy (non-hydrogen) atoms. The van der Waals surface area contributed by atoms with E-state index in [2.05, 4.69) is 29.5 Å². The Morgan fingerprint density at radius 2 is 2.43 bits per heavy atom. The second kappa shape index (κ2) is 5.98. The molecule has 0 saturated heterocycles. The molecule has 1 unspecified atom stereocenters. The quantitative estimate of drug-likeness (QED) is 0.762. The molecule has 1 atom stereocenters. The minimum Gasteiger partial charge on any atom is -0.359 e. The molecule has 1 heterocycles. The average Bonchev–Trinajstić information content (AvgIpc) is 2.62. The van der Waals surface area contributed by atoms with Gasteiger partial charge >= 0.3 is 0 Å². The lowest BCUT2D eigenvalue weighted by Gasteiger charge is -2.11. The number of hydrogen-bond donors (Lipinski definition) is 2. The first-order chi connectivity index (χ1) is 6.76. The zero-order valence-corrected chi connectivity index (χ0v) is 9.73. The number of aromatic nitrogens is 1. The first-order valence-corrected chi connectivity index (χ1v) is 6.05. The maximum Gasteiger partial charge on any atom is 0.183 e. The van der Waals surface area contributed by atoms with E-state index in [0.717, 1.165) is 30.9 Å². The molecule has 0 fully saturated rings. The summed E-state index contributed by atoms with van der Waals surface area (Å²) in [5, 5.41) is 6.53. The number of nitrogens with zero attached hydrogens (tertiary/aromatic N) is 1. The molecule has 1 aromatic rings. The molecule has 0 aromatic carbocycles. The maximum absolute atomic E-state index is 5.46. The van der Waals surface area contributed by atoms with Crippen LogP contribution in [0.1, 0.15) is 32.4 Å². The van der Waals surface area contributed by atoms with Crippen molar-refractivity contribution in [3.63, 3.8) is 0 Å². The zero-order valence-electron chi connectivity index (χ0n) is 8.92. The lowest BCUT2D eigenvalue weighted by Crippen LogP contribution is -2.16. The van der Waals surface area contributed by atoms with E-state index < -0.39 is 0 Å². The van der Waals surface area contributed by atoms with E-state index in [-0.39, 0.29) is 0 Å². The summed E-state index contributed by atoms with van der Waals surface area (Å²) in [6.07, 6.45) is 3.19. The summed E-state index contributed by atoms with van der Waals surface area (Å²) in [6.45, 7) is 5.06. The highest BCUT2D eigenvalue weighted by Crippen LogP contribution is 2.17. The summed E-state index contributed by atoms with van der Waals surface area (Å²) < 4.78 is 0. The first kappa shape index (κ1) is 11.5. The largest absolute Gasteiger partial charge is 0.359 e. The predicted molar refractivity (Wildman–Crippen MR) is 62.9 cm³/mol. The molecule has 1 rings (SSSR count). The first-order valence-electron chi connectivity index (χ1n) is 5.17. The van der Waals surface area contributed by atoms with Crippen LogP contribution in [0.15, 0.2) is 5.38 Å². The molecule has 0 aliphatic heterocycles. The van der Waals surface area contributed by atoms with Crippen molar-refractivity contribution in [2.24, 2.45) is 5.73 Å². The van der Waals surface area contributed by atoms with Gasteiger partial charge in [-0.15, -0.1) is 11.3 Å². The van der Waals surface area contributed by atoms with E-state index in [0.29, 0.717) is 6.04 Å². The SMILES string of the molecule is CCc1csc(NC(C)CCCN)n1. The highest BCUT2D eigenvalue weighted by atomic mass is 32.1. The third-order valence-corrected chi connectivity index (χ3v) is 2.95. The molecule has 3 nitrogen and oxygen atoms in total. The number of nitrogens with one attached hydrogen (secondary N) is 1. The number of aryl methyl sites for hydroxylation is 1. The van der Waals surface area contributed by atoms with Gasteiger partial charge in [-0.2, -0.15) is 0 Å². The van der Waals surface area contributed by atoms with Gasteiger partial charge in [0.25, 0.3) is 0 Å². The summed E-state index contributed by atoms with van der Waals surface area (Å²) in [4.78, 5) is 4.45. The molecule has 4 heteroatoms. The van der Waals surface area contributed by atoms with Crippen molar-refractivity contribution in [2.45, 2.75) is 39.2 Å². The van der Waals surface area contributed by atoms with E-state index in [1.54, 1.807) is 11.3 Å². The Hall–Kier alpha value is -0.610. The molecule has 0 aliphatic carbocycles. The monoisotopic (exact) mass is 213 g/mol. The Balaban J connectivity index is 2.35. The fourth-order valence-corrected chi connectivity index (χ4v) is 2.15. The number of thiazole rings is 1. The van der Waals surface area contributed by atoms with E-state index in [9.17, 15) is 0 Å². The molecule has 0 bridgehead atoms. The summed E-state index contributed by atoms with van der Waals surface area (Å²) >= 11 is 1.68. The highest BCUT2D eigenvalue weighted by molar-refractivity contribution is 7.13. The van der Waals surface area contributed by atoms with Gasteiger partial charge in [0, 0.05) is 11.4 Å². The van der Waals surface area contributed by atoms with Crippen molar-refractivity contribution in [3.05, 3.63) is 11.1 Å².